The summed E-state index contributed by atoms with van der Waals surface area (Å²) in [7, 11) is 0. The first kappa shape index (κ1) is 22.0. The van der Waals surface area contributed by atoms with Crippen LogP contribution < -0.4 is 10.2 Å². The molecule has 0 saturated carbocycles. The number of nitrogens with zero attached hydrogens (tertiary/aromatic N) is 1. The molecule has 35 heavy (non-hydrogen) atoms. The Balaban J connectivity index is 1.48. The highest BCUT2D eigenvalue weighted by molar-refractivity contribution is 5.89. The van der Waals surface area contributed by atoms with Crippen LogP contribution in [0.15, 0.2) is 33.5 Å². The molecule has 0 radical (unpaired) electrons. The Bertz CT molecular complexity index is 1410. The third kappa shape index (κ3) is 3.16. The summed E-state index contributed by atoms with van der Waals surface area (Å²) in [6.07, 6.45) is -4.29. The fraction of sp³-hybridized carbons (Fsp3) is 0.375. The molecular formula is C24H23NO10. The molecule has 0 spiro atoms. The molecule has 6 N–H and O–H groups in total. The van der Waals surface area contributed by atoms with Crippen LogP contribution in [0.4, 0.5) is 0 Å². The fourth-order valence-electron chi connectivity index (χ4n) is 5.09. The van der Waals surface area contributed by atoms with E-state index in [1.165, 1.54) is 6.07 Å². The van der Waals surface area contributed by atoms with Crippen LogP contribution in [0.5, 0.6) is 28.7 Å². The van der Waals surface area contributed by atoms with Crippen LogP contribution in [0.1, 0.15) is 12.5 Å². The van der Waals surface area contributed by atoms with Crippen molar-refractivity contribution in [2.24, 2.45) is 0 Å². The molecule has 5 atom stereocenters. The smallest absolute Gasteiger partial charge is 0.200 e. The van der Waals surface area contributed by atoms with Gasteiger partial charge in [0, 0.05) is 37.3 Å². The molecule has 0 amide bonds. The lowest BCUT2D eigenvalue weighted by atomic mass is 9.82. The summed E-state index contributed by atoms with van der Waals surface area (Å²) in [5.74, 6) is -2.28. The maximum atomic E-state index is 13.1. The molecule has 3 aliphatic heterocycles. The van der Waals surface area contributed by atoms with Crippen LogP contribution in [0.25, 0.3) is 22.3 Å². The Labute approximate surface area is 197 Å². The highest BCUT2D eigenvalue weighted by Crippen LogP contribution is 2.54. The topological polar surface area (TPSA) is 173 Å². The molecule has 184 valence electrons. The third-order valence-electron chi connectivity index (χ3n) is 7.02. The van der Waals surface area contributed by atoms with Crippen molar-refractivity contribution in [3.05, 3.63) is 40.1 Å². The Kier molecular flexibility index (Phi) is 4.55. The Morgan fingerprint density at radius 2 is 1.69 bits per heavy atom. The molecule has 11 heteroatoms. The van der Waals surface area contributed by atoms with E-state index in [4.69, 9.17) is 13.9 Å². The van der Waals surface area contributed by atoms with E-state index in [9.17, 15) is 35.4 Å². The average Bonchev–Trinajstić information content (AvgIpc) is 3.56. The Morgan fingerprint density at radius 3 is 2.34 bits per heavy atom. The maximum Gasteiger partial charge on any atom is 0.200 e. The molecule has 0 bridgehead atoms. The van der Waals surface area contributed by atoms with Crippen LogP contribution >= 0.6 is 0 Å². The van der Waals surface area contributed by atoms with Gasteiger partial charge in [-0.2, -0.15) is 0 Å². The van der Waals surface area contributed by atoms with Gasteiger partial charge in [0.15, 0.2) is 28.8 Å². The van der Waals surface area contributed by atoms with Gasteiger partial charge in [-0.05, 0) is 19.1 Å². The van der Waals surface area contributed by atoms with Crippen molar-refractivity contribution >= 4 is 11.0 Å². The van der Waals surface area contributed by atoms with Gasteiger partial charge < -0.3 is 44.5 Å². The van der Waals surface area contributed by atoms with Gasteiger partial charge in [-0.1, -0.05) is 0 Å². The molecule has 6 rings (SSSR count). The molecule has 0 aliphatic carbocycles. The summed E-state index contributed by atoms with van der Waals surface area (Å²) >= 11 is 0. The van der Waals surface area contributed by atoms with E-state index in [1.807, 2.05) is 4.90 Å². The number of aromatic hydroxyl groups is 4. The second-order valence-corrected chi connectivity index (χ2v) is 9.39. The number of ether oxygens (including phenoxy) is 2. The minimum Gasteiger partial charge on any atom is -0.506 e. The predicted molar refractivity (Wildman–Crippen MR) is 120 cm³/mol. The first-order valence-corrected chi connectivity index (χ1v) is 11.1. The van der Waals surface area contributed by atoms with Gasteiger partial charge in [0.2, 0.25) is 0 Å². The first-order valence-electron chi connectivity index (χ1n) is 11.1. The van der Waals surface area contributed by atoms with E-state index in [2.05, 4.69) is 0 Å². The van der Waals surface area contributed by atoms with Crippen molar-refractivity contribution in [3.8, 4) is 40.1 Å². The molecule has 2 saturated heterocycles. The number of aliphatic hydroxyl groups excluding tert-OH is 2. The minimum atomic E-state index is -1.34. The Morgan fingerprint density at radius 1 is 1.00 bits per heavy atom. The van der Waals surface area contributed by atoms with E-state index in [0.717, 1.165) is 31.3 Å². The zero-order valence-electron chi connectivity index (χ0n) is 18.5. The van der Waals surface area contributed by atoms with Crippen molar-refractivity contribution < 1.29 is 44.5 Å². The van der Waals surface area contributed by atoms with Crippen LogP contribution in [0.3, 0.4) is 0 Å². The van der Waals surface area contributed by atoms with E-state index >= 15 is 0 Å². The maximum absolute atomic E-state index is 13.1. The van der Waals surface area contributed by atoms with Gasteiger partial charge in [0.1, 0.15) is 52.1 Å². The number of phenols is 4. The molecule has 11 nitrogen and oxygen atoms in total. The van der Waals surface area contributed by atoms with Crippen molar-refractivity contribution in [1.29, 1.82) is 0 Å². The number of aliphatic hydroxyl groups is 2. The van der Waals surface area contributed by atoms with E-state index in [0.29, 0.717) is 6.54 Å². The standard InChI is InChI=1S/C24H23NO10/c1-24-18-15(34-23(24)22(32)20(30)16(35-24)8-25-2-3-25)7-14-17(21(18)31)10(26)6-13(33-14)9-4-11(27)19(29)12(28)5-9/h4-7,16,20,22-23,27-32H,2-3,8H2,1H3/t16-,20-,22+,23+,24+/m1/s1. The van der Waals surface area contributed by atoms with Crippen LogP contribution in [0, 0.1) is 0 Å². The highest BCUT2D eigenvalue weighted by Gasteiger charge is 2.60. The van der Waals surface area contributed by atoms with Crippen molar-refractivity contribution in [3.63, 3.8) is 0 Å². The van der Waals surface area contributed by atoms with E-state index in [1.54, 1.807) is 6.92 Å². The van der Waals surface area contributed by atoms with Crippen molar-refractivity contribution in [1.82, 2.24) is 4.90 Å². The fourth-order valence-corrected chi connectivity index (χ4v) is 5.09. The first-order chi connectivity index (χ1) is 16.6. The highest BCUT2D eigenvalue weighted by atomic mass is 16.6. The van der Waals surface area contributed by atoms with Gasteiger partial charge in [-0.3, -0.25) is 9.69 Å². The van der Waals surface area contributed by atoms with Crippen molar-refractivity contribution in [2.75, 3.05) is 19.6 Å². The summed E-state index contributed by atoms with van der Waals surface area (Å²) in [5, 5.41) is 61.7. The average molecular weight is 485 g/mol. The summed E-state index contributed by atoms with van der Waals surface area (Å²) in [5.41, 5.74) is -1.71. The lowest BCUT2D eigenvalue weighted by molar-refractivity contribution is -0.250. The summed E-state index contributed by atoms with van der Waals surface area (Å²) < 4.78 is 17.9. The molecule has 4 heterocycles. The minimum absolute atomic E-state index is 0.0423. The van der Waals surface area contributed by atoms with Gasteiger partial charge in [-0.15, -0.1) is 0 Å². The zero-order valence-corrected chi connectivity index (χ0v) is 18.5. The lowest BCUT2D eigenvalue weighted by Gasteiger charge is -2.45. The second-order valence-electron chi connectivity index (χ2n) is 9.39. The molecule has 3 aliphatic rings. The predicted octanol–water partition coefficient (Wildman–Crippen LogP) is 0.695. The molecular weight excluding hydrogens is 462 g/mol. The molecule has 2 aromatic carbocycles. The number of benzene rings is 2. The second kappa shape index (κ2) is 7.25. The monoisotopic (exact) mass is 485 g/mol. The van der Waals surface area contributed by atoms with Crippen LogP contribution in [-0.2, 0) is 10.3 Å². The van der Waals surface area contributed by atoms with Gasteiger partial charge in [0.25, 0.3) is 0 Å². The number of hydrogen-bond donors (Lipinski definition) is 6. The van der Waals surface area contributed by atoms with Gasteiger partial charge in [-0.25, -0.2) is 0 Å². The Hall–Kier alpha value is -3.51. The number of rotatable bonds is 3. The van der Waals surface area contributed by atoms with Gasteiger partial charge >= 0.3 is 0 Å². The number of phenolic OH excluding ortho intramolecular Hbond substituents is 4. The molecule has 0 unspecified atom stereocenters. The van der Waals surface area contributed by atoms with Crippen molar-refractivity contribution in [2.45, 2.75) is 36.9 Å². The van der Waals surface area contributed by atoms with E-state index in [-0.39, 0.29) is 33.6 Å². The number of fused-ring (bicyclic) bond motifs is 4. The van der Waals surface area contributed by atoms with E-state index < -0.39 is 58.4 Å². The van der Waals surface area contributed by atoms with Gasteiger partial charge in [0.05, 0.1) is 5.56 Å². The molecule has 2 fully saturated rings. The zero-order chi connectivity index (χ0) is 24.8. The summed E-state index contributed by atoms with van der Waals surface area (Å²) in [4.78, 5) is 15.1. The summed E-state index contributed by atoms with van der Waals surface area (Å²) in [6, 6.07) is 4.69. The number of hydrogen-bond acceptors (Lipinski definition) is 11. The lowest BCUT2D eigenvalue weighted by Crippen LogP contribution is -2.62. The summed E-state index contributed by atoms with van der Waals surface area (Å²) in [6.45, 7) is 3.77. The SMILES string of the molecule is C[C@@]12O[C@H](CN3CC3)[C@@H](O)[C@H](O)[C@@H]1Oc1cc3oc(-c4cc(O)c(O)c(O)c4)cc(=O)c3c(O)c12. The molecule has 1 aromatic heterocycles. The molecule has 3 aromatic rings. The quantitative estimate of drug-likeness (QED) is 0.228. The largest absolute Gasteiger partial charge is 0.506 e. The van der Waals surface area contributed by atoms with Crippen LogP contribution in [0.2, 0.25) is 0 Å². The normalized spacial score (nSPS) is 29.6. The third-order valence-corrected chi connectivity index (χ3v) is 7.02. The van der Waals surface area contributed by atoms with Crippen LogP contribution in [-0.4, -0.2) is 79.6 Å².